The highest BCUT2D eigenvalue weighted by molar-refractivity contribution is 6.07. The minimum Gasteiger partial charge on any atom is -0.339 e. The molecule has 3 rings (SSSR count). The van der Waals surface area contributed by atoms with Crippen molar-refractivity contribution in [2.24, 2.45) is 11.8 Å². The molecule has 1 aromatic carbocycles. The molecule has 34 heavy (non-hydrogen) atoms. The van der Waals surface area contributed by atoms with Gasteiger partial charge in [-0.1, -0.05) is 32.0 Å². The summed E-state index contributed by atoms with van der Waals surface area (Å²) >= 11 is 0. The lowest BCUT2D eigenvalue weighted by Gasteiger charge is -2.41. The van der Waals surface area contributed by atoms with E-state index in [2.05, 4.69) is 19.2 Å². The van der Waals surface area contributed by atoms with Gasteiger partial charge in [0.1, 0.15) is 11.4 Å². The summed E-state index contributed by atoms with van der Waals surface area (Å²) in [5, 5.41) is 3.07. The molecule has 1 N–H and O–H groups in total. The summed E-state index contributed by atoms with van der Waals surface area (Å²) in [6.07, 6.45) is 5.59. The van der Waals surface area contributed by atoms with Gasteiger partial charge in [-0.25, -0.2) is 9.18 Å². The van der Waals surface area contributed by atoms with Crippen LogP contribution in [-0.2, 0) is 9.59 Å². The zero-order chi connectivity index (χ0) is 24.9. The summed E-state index contributed by atoms with van der Waals surface area (Å²) in [7, 11) is 3.83. The Bertz CT molecular complexity index is 924. The Morgan fingerprint density at radius 2 is 1.91 bits per heavy atom. The number of benzene rings is 1. The smallest absolute Gasteiger partial charge is 0.325 e. The first-order chi connectivity index (χ1) is 16.1. The lowest BCUT2D eigenvalue weighted by Crippen LogP contribution is -2.56. The number of amides is 4. The number of carbonyl (C=O) groups excluding carboxylic acids is 3. The van der Waals surface area contributed by atoms with Crippen molar-refractivity contribution < 1.29 is 18.8 Å². The number of hydrogen-bond donors (Lipinski definition) is 1. The zero-order valence-corrected chi connectivity index (χ0v) is 20.7. The molecule has 2 aliphatic heterocycles. The summed E-state index contributed by atoms with van der Waals surface area (Å²) in [5.41, 5.74) is -0.540. The van der Waals surface area contributed by atoms with E-state index in [1.165, 1.54) is 23.1 Å². The monoisotopic (exact) mass is 472 g/mol. The maximum Gasteiger partial charge on any atom is 0.325 e. The number of carbonyl (C=O) groups is 3. The Morgan fingerprint density at radius 1 is 1.24 bits per heavy atom. The Morgan fingerprint density at radius 3 is 2.53 bits per heavy atom. The average molecular weight is 473 g/mol. The Kier molecular flexibility index (Phi) is 8.47. The number of imide groups is 1. The third-order valence-corrected chi connectivity index (χ3v) is 6.90. The molecule has 2 saturated heterocycles. The highest BCUT2D eigenvalue weighted by Gasteiger charge is 2.55. The fourth-order valence-corrected chi connectivity index (χ4v) is 4.78. The number of nitrogens with one attached hydrogen (secondary N) is 1. The van der Waals surface area contributed by atoms with Crippen LogP contribution < -0.4 is 5.32 Å². The maximum atomic E-state index is 13.8. The van der Waals surface area contributed by atoms with Gasteiger partial charge < -0.3 is 15.1 Å². The van der Waals surface area contributed by atoms with Crippen LogP contribution in [0.2, 0.25) is 0 Å². The van der Waals surface area contributed by atoms with Gasteiger partial charge in [0.2, 0.25) is 5.91 Å². The average Bonchev–Trinajstić information content (AvgIpc) is 3.05. The molecule has 0 aliphatic carbocycles. The van der Waals surface area contributed by atoms with E-state index in [4.69, 9.17) is 0 Å². The number of likely N-dealkylation sites (N-methyl/N-ethyl adjacent to an activating group) is 1. The van der Waals surface area contributed by atoms with Crippen LogP contribution in [0.5, 0.6) is 0 Å². The van der Waals surface area contributed by atoms with Crippen molar-refractivity contribution in [2.45, 2.75) is 45.1 Å². The van der Waals surface area contributed by atoms with Gasteiger partial charge in [0.05, 0.1) is 0 Å². The molecule has 4 amide bonds. The normalized spacial score (nSPS) is 21.9. The first-order valence-electron chi connectivity index (χ1n) is 12.1. The highest BCUT2D eigenvalue weighted by atomic mass is 19.1. The fraction of sp³-hybridized carbons (Fsp3) is 0.577. The van der Waals surface area contributed by atoms with Gasteiger partial charge in [0.15, 0.2) is 0 Å². The van der Waals surface area contributed by atoms with E-state index in [0.717, 1.165) is 6.42 Å². The van der Waals surface area contributed by atoms with Crippen molar-refractivity contribution in [3.63, 3.8) is 0 Å². The van der Waals surface area contributed by atoms with E-state index in [1.807, 2.05) is 19.0 Å². The summed E-state index contributed by atoms with van der Waals surface area (Å²) in [6, 6.07) is 6.01. The number of piperidine rings is 1. The van der Waals surface area contributed by atoms with Gasteiger partial charge in [-0.3, -0.25) is 14.5 Å². The number of nitrogens with zero attached hydrogens (tertiary/aromatic N) is 3. The van der Waals surface area contributed by atoms with Crippen LogP contribution >= 0.6 is 0 Å². The van der Waals surface area contributed by atoms with Gasteiger partial charge >= 0.3 is 6.03 Å². The van der Waals surface area contributed by atoms with Crippen molar-refractivity contribution in [1.29, 1.82) is 0 Å². The molecule has 2 fully saturated rings. The number of halogens is 1. The van der Waals surface area contributed by atoms with E-state index in [-0.39, 0.29) is 29.6 Å². The van der Waals surface area contributed by atoms with Gasteiger partial charge in [-0.15, -0.1) is 0 Å². The van der Waals surface area contributed by atoms with Crippen LogP contribution in [0.15, 0.2) is 30.3 Å². The quantitative estimate of drug-likeness (QED) is 0.442. The van der Waals surface area contributed by atoms with Crippen LogP contribution in [0.4, 0.5) is 9.18 Å². The van der Waals surface area contributed by atoms with Crippen LogP contribution in [0.1, 0.15) is 45.1 Å². The highest BCUT2D eigenvalue weighted by Crippen LogP contribution is 2.38. The van der Waals surface area contributed by atoms with Gasteiger partial charge in [0, 0.05) is 37.8 Å². The van der Waals surface area contributed by atoms with E-state index in [9.17, 15) is 18.8 Å². The molecule has 1 unspecified atom stereocenters. The second-order valence-corrected chi connectivity index (χ2v) is 10.0. The molecule has 1 aromatic rings. The largest absolute Gasteiger partial charge is 0.339 e. The molecule has 8 heteroatoms. The molecule has 0 spiro atoms. The topological polar surface area (TPSA) is 73.0 Å². The third-order valence-electron chi connectivity index (χ3n) is 6.90. The van der Waals surface area contributed by atoms with Crippen LogP contribution in [-0.4, -0.2) is 78.4 Å². The minimum atomic E-state index is -0.911. The van der Waals surface area contributed by atoms with Crippen molar-refractivity contribution >= 4 is 23.9 Å². The Hall–Kier alpha value is -2.74. The van der Waals surface area contributed by atoms with E-state index in [0.29, 0.717) is 56.9 Å². The molecule has 0 bridgehead atoms. The molecule has 0 saturated carbocycles. The molecule has 1 atom stereocenters. The molecular formula is C26H37FN4O3. The van der Waals surface area contributed by atoms with Gasteiger partial charge in [0.25, 0.3) is 5.91 Å². The molecule has 0 radical (unpaired) electrons. The van der Waals surface area contributed by atoms with Crippen LogP contribution in [0.3, 0.4) is 0 Å². The molecule has 2 aliphatic rings. The molecule has 0 aromatic heterocycles. The lowest BCUT2D eigenvalue weighted by molar-refractivity contribution is -0.135. The number of likely N-dealkylation sites (tertiary alicyclic amines) is 1. The standard InChI is InChI=1S/C26H37FN4O3/c1-19(2)11-14-26(24(33)31(25(34)28-26)18-17-29(3)4)21-12-15-30(16-13-21)23(32)10-9-20-7-5-6-8-22(20)27/h5-10,19,21H,11-18H2,1-4H3,(H,28,34). The summed E-state index contributed by atoms with van der Waals surface area (Å²) < 4.78 is 13.8. The Balaban J connectivity index is 1.69. The van der Waals surface area contributed by atoms with Crippen molar-refractivity contribution in [2.75, 3.05) is 40.3 Å². The lowest BCUT2D eigenvalue weighted by atomic mass is 9.74. The third kappa shape index (κ3) is 5.84. The predicted octanol–water partition coefficient (Wildman–Crippen LogP) is 3.37. The summed E-state index contributed by atoms with van der Waals surface area (Å²) in [5.74, 6) is -0.308. The molecular weight excluding hydrogens is 435 g/mol. The van der Waals surface area contributed by atoms with Crippen molar-refractivity contribution in [3.05, 3.63) is 41.7 Å². The zero-order valence-electron chi connectivity index (χ0n) is 20.7. The Labute approximate surface area is 202 Å². The molecule has 186 valence electrons. The first-order valence-corrected chi connectivity index (χ1v) is 12.1. The van der Waals surface area contributed by atoms with Gasteiger partial charge in [-0.2, -0.15) is 0 Å². The van der Waals surface area contributed by atoms with Crippen LogP contribution in [0.25, 0.3) is 6.08 Å². The SMILES string of the molecule is CC(C)CCC1(C2CCN(C(=O)C=Cc3ccccc3F)CC2)NC(=O)N(CCN(C)C)C1=O. The van der Waals surface area contributed by atoms with E-state index < -0.39 is 5.54 Å². The maximum absolute atomic E-state index is 13.8. The predicted molar refractivity (Wildman–Crippen MR) is 130 cm³/mol. The number of urea groups is 1. The molecule has 7 nitrogen and oxygen atoms in total. The summed E-state index contributed by atoms with van der Waals surface area (Å²) in [6.45, 7) is 6.19. The molecule has 2 heterocycles. The van der Waals surface area contributed by atoms with Gasteiger partial charge in [-0.05, 0) is 63.8 Å². The first kappa shape index (κ1) is 25.9. The van der Waals surface area contributed by atoms with Crippen LogP contribution in [0, 0.1) is 17.7 Å². The minimum absolute atomic E-state index is 0.0355. The number of hydrogen-bond acceptors (Lipinski definition) is 4. The fourth-order valence-electron chi connectivity index (χ4n) is 4.78. The van der Waals surface area contributed by atoms with Crippen molar-refractivity contribution in [1.82, 2.24) is 20.0 Å². The second-order valence-electron chi connectivity index (χ2n) is 10.0. The second kappa shape index (κ2) is 11.1. The summed E-state index contributed by atoms with van der Waals surface area (Å²) in [4.78, 5) is 44.1. The van der Waals surface area contributed by atoms with E-state index in [1.54, 1.807) is 23.1 Å². The number of rotatable bonds is 9. The van der Waals surface area contributed by atoms with Crippen molar-refractivity contribution in [3.8, 4) is 0 Å². The van der Waals surface area contributed by atoms with E-state index >= 15 is 0 Å².